The molecule has 1 unspecified atom stereocenters. The number of methoxy groups -OCH3 is 1. The minimum atomic E-state index is -0.763. The number of carboxylic acids is 1. The summed E-state index contributed by atoms with van der Waals surface area (Å²) in [6.07, 6.45) is 3.30. The van der Waals surface area contributed by atoms with Crippen LogP contribution in [0.1, 0.15) is 46.5 Å². The molecule has 0 saturated carbocycles. The Morgan fingerprint density at radius 1 is 1.37 bits per heavy atom. The molecule has 1 atom stereocenters. The fourth-order valence-electron chi connectivity index (χ4n) is 2.11. The SMILES string of the molecule is CCC(CCCSCCCOC)(NC(C)C)C(=O)O. The second kappa shape index (κ2) is 10.5. The molecule has 0 spiro atoms. The van der Waals surface area contributed by atoms with E-state index in [1.807, 2.05) is 32.5 Å². The Labute approximate surface area is 121 Å². The summed E-state index contributed by atoms with van der Waals surface area (Å²) in [5.74, 6) is 1.36. The van der Waals surface area contributed by atoms with Gasteiger partial charge in [-0.15, -0.1) is 0 Å². The number of carboxylic acid groups (broad SMARTS) is 1. The van der Waals surface area contributed by atoms with Crippen molar-refractivity contribution in [1.29, 1.82) is 0 Å². The van der Waals surface area contributed by atoms with E-state index in [0.717, 1.165) is 31.0 Å². The lowest BCUT2D eigenvalue weighted by Gasteiger charge is -2.31. The molecular weight excluding hydrogens is 262 g/mol. The lowest BCUT2D eigenvalue weighted by molar-refractivity contribution is -0.145. The minimum absolute atomic E-state index is 0.186. The van der Waals surface area contributed by atoms with E-state index in [0.29, 0.717) is 12.8 Å². The average Bonchev–Trinajstić information content (AvgIpc) is 2.35. The Morgan fingerprint density at radius 3 is 2.47 bits per heavy atom. The fourth-order valence-corrected chi connectivity index (χ4v) is 2.98. The quantitative estimate of drug-likeness (QED) is 0.541. The van der Waals surface area contributed by atoms with E-state index < -0.39 is 11.5 Å². The van der Waals surface area contributed by atoms with Gasteiger partial charge in [-0.2, -0.15) is 11.8 Å². The van der Waals surface area contributed by atoms with Gasteiger partial charge in [0.25, 0.3) is 0 Å². The molecule has 0 aromatic heterocycles. The topological polar surface area (TPSA) is 58.6 Å². The Hall–Kier alpha value is -0.260. The van der Waals surface area contributed by atoms with Crippen LogP contribution in [-0.4, -0.2) is 47.9 Å². The number of carbonyl (C=O) groups is 1. The standard InChI is InChI=1S/C14H29NO3S/c1-5-14(13(16)17,15-12(2)3)8-6-10-19-11-7-9-18-4/h12,15H,5-11H2,1-4H3,(H,16,17). The molecule has 0 fully saturated rings. The molecule has 0 amide bonds. The Bertz CT molecular complexity index is 249. The van der Waals surface area contributed by atoms with Gasteiger partial charge in [0.1, 0.15) is 5.54 Å². The van der Waals surface area contributed by atoms with E-state index in [1.54, 1.807) is 7.11 Å². The van der Waals surface area contributed by atoms with Gasteiger partial charge in [-0.25, -0.2) is 0 Å². The monoisotopic (exact) mass is 291 g/mol. The highest BCUT2D eigenvalue weighted by molar-refractivity contribution is 7.99. The van der Waals surface area contributed by atoms with Crippen molar-refractivity contribution in [3.63, 3.8) is 0 Å². The summed E-state index contributed by atoms with van der Waals surface area (Å²) < 4.78 is 4.99. The molecule has 0 radical (unpaired) electrons. The molecule has 0 heterocycles. The lowest BCUT2D eigenvalue weighted by atomic mass is 9.90. The van der Waals surface area contributed by atoms with E-state index in [2.05, 4.69) is 5.32 Å². The van der Waals surface area contributed by atoms with E-state index in [-0.39, 0.29) is 6.04 Å². The van der Waals surface area contributed by atoms with Gasteiger partial charge in [0.15, 0.2) is 0 Å². The van der Waals surface area contributed by atoms with Gasteiger partial charge < -0.3 is 9.84 Å². The molecule has 0 aliphatic heterocycles. The van der Waals surface area contributed by atoms with Gasteiger partial charge in [-0.1, -0.05) is 6.92 Å². The van der Waals surface area contributed by atoms with Crippen LogP contribution >= 0.6 is 11.8 Å². The van der Waals surface area contributed by atoms with Crippen LogP contribution in [-0.2, 0) is 9.53 Å². The molecule has 5 heteroatoms. The first-order valence-corrected chi connectivity index (χ1v) is 8.21. The third-order valence-electron chi connectivity index (χ3n) is 3.11. The maximum atomic E-state index is 11.5. The van der Waals surface area contributed by atoms with E-state index in [4.69, 9.17) is 4.74 Å². The van der Waals surface area contributed by atoms with Gasteiger partial charge in [-0.05, 0) is 51.0 Å². The molecule has 0 aliphatic carbocycles. The Morgan fingerprint density at radius 2 is 2.00 bits per heavy atom. The molecular formula is C14H29NO3S. The maximum absolute atomic E-state index is 11.5. The molecule has 4 nitrogen and oxygen atoms in total. The molecule has 0 saturated heterocycles. The number of hydrogen-bond donors (Lipinski definition) is 2. The van der Waals surface area contributed by atoms with Gasteiger partial charge in [0, 0.05) is 19.8 Å². The third-order valence-corrected chi connectivity index (χ3v) is 4.26. The van der Waals surface area contributed by atoms with Crippen LogP contribution in [0.4, 0.5) is 0 Å². The first-order valence-electron chi connectivity index (χ1n) is 7.06. The molecule has 0 bridgehead atoms. The van der Waals surface area contributed by atoms with Crippen molar-refractivity contribution in [3.8, 4) is 0 Å². The molecule has 0 rings (SSSR count). The minimum Gasteiger partial charge on any atom is -0.480 e. The van der Waals surface area contributed by atoms with Crippen LogP contribution in [0.15, 0.2) is 0 Å². The highest BCUT2D eigenvalue weighted by Gasteiger charge is 2.36. The van der Waals surface area contributed by atoms with Crippen molar-refractivity contribution < 1.29 is 14.6 Å². The molecule has 0 aliphatic rings. The molecule has 2 N–H and O–H groups in total. The van der Waals surface area contributed by atoms with Gasteiger partial charge >= 0.3 is 5.97 Å². The highest BCUT2D eigenvalue weighted by atomic mass is 32.2. The summed E-state index contributed by atoms with van der Waals surface area (Å²) >= 11 is 1.87. The largest absolute Gasteiger partial charge is 0.480 e. The van der Waals surface area contributed by atoms with Gasteiger partial charge in [0.05, 0.1) is 0 Å². The number of thioether (sulfide) groups is 1. The first kappa shape index (κ1) is 18.7. The van der Waals surface area contributed by atoms with Crippen LogP contribution in [0, 0.1) is 0 Å². The summed E-state index contributed by atoms with van der Waals surface area (Å²) in [4.78, 5) is 11.5. The van der Waals surface area contributed by atoms with Crippen LogP contribution in [0.2, 0.25) is 0 Å². The zero-order chi connectivity index (χ0) is 14.7. The predicted molar refractivity (Wildman–Crippen MR) is 82.0 cm³/mol. The maximum Gasteiger partial charge on any atom is 0.323 e. The summed E-state index contributed by atoms with van der Waals surface area (Å²) in [7, 11) is 1.71. The van der Waals surface area contributed by atoms with Crippen LogP contribution < -0.4 is 5.32 Å². The number of hydrogen-bond acceptors (Lipinski definition) is 4. The van der Waals surface area contributed by atoms with Crippen LogP contribution in [0.5, 0.6) is 0 Å². The zero-order valence-electron chi connectivity index (χ0n) is 12.7. The van der Waals surface area contributed by atoms with Crippen molar-refractivity contribution in [3.05, 3.63) is 0 Å². The molecule has 0 aromatic rings. The Kier molecular flexibility index (Phi) is 10.4. The average molecular weight is 291 g/mol. The van der Waals surface area contributed by atoms with Crippen molar-refractivity contribution in [1.82, 2.24) is 5.32 Å². The highest BCUT2D eigenvalue weighted by Crippen LogP contribution is 2.21. The number of rotatable bonds is 12. The number of ether oxygens (including phenoxy) is 1. The summed E-state index contributed by atoms with van der Waals surface area (Å²) in [5, 5.41) is 12.7. The van der Waals surface area contributed by atoms with Crippen molar-refractivity contribution in [2.75, 3.05) is 25.2 Å². The molecule has 0 aromatic carbocycles. The second-order valence-electron chi connectivity index (χ2n) is 5.10. The normalized spacial score (nSPS) is 14.6. The number of aliphatic carboxylic acids is 1. The molecule has 19 heavy (non-hydrogen) atoms. The van der Waals surface area contributed by atoms with Crippen LogP contribution in [0.25, 0.3) is 0 Å². The zero-order valence-corrected chi connectivity index (χ0v) is 13.5. The van der Waals surface area contributed by atoms with Crippen LogP contribution in [0.3, 0.4) is 0 Å². The van der Waals surface area contributed by atoms with E-state index >= 15 is 0 Å². The smallest absolute Gasteiger partial charge is 0.323 e. The fraction of sp³-hybridized carbons (Fsp3) is 0.929. The van der Waals surface area contributed by atoms with Gasteiger partial charge in [0.2, 0.25) is 0 Å². The summed E-state index contributed by atoms with van der Waals surface area (Å²) in [6.45, 7) is 6.73. The first-order chi connectivity index (χ1) is 8.98. The lowest BCUT2D eigenvalue weighted by Crippen LogP contribution is -2.54. The second-order valence-corrected chi connectivity index (χ2v) is 6.33. The van der Waals surface area contributed by atoms with Crippen molar-refractivity contribution >= 4 is 17.7 Å². The number of nitrogens with one attached hydrogen (secondary N) is 1. The van der Waals surface area contributed by atoms with Crippen molar-refractivity contribution in [2.24, 2.45) is 0 Å². The summed E-state index contributed by atoms with van der Waals surface area (Å²) in [5.41, 5.74) is -0.763. The van der Waals surface area contributed by atoms with Gasteiger partial charge in [-0.3, -0.25) is 10.1 Å². The third kappa shape index (κ3) is 7.80. The van der Waals surface area contributed by atoms with Crippen molar-refractivity contribution in [2.45, 2.75) is 58.0 Å². The van der Waals surface area contributed by atoms with E-state index in [1.165, 1.54) is 0 Å². The predicted octanol–water partition coefficient (Wildman–Crippen LogP) is 2.77. The summed E-state index contributed by atoms with van der Waals surface area (Å²) in [6, 6.07) is 0.186. The molecule has 114 valence electrons. The van der Waals surface area contributed by atoms with E-state index in [9.17, 15) is 9.90 Å². The Balaban J connectivity index is 4.03.